The van der Waals surface area contributed by atoms with Crippen LogP contribution in [0.25, 0.3) is 0 Å². The van der Waals surface area contributed by atoms with Gasteiger partial charge in [0, 0.05) is 23.3 Å². The number of hydrogen-bond acceptors (Lipinski definition) is 2. The Hall–Kier alpha value is -0.730. The van der Waals surface area contributed by atoms with Gasteiger partial charge in [-0.3, -0.25) is 0 Å². The zero-order chi connectivity index (χ0) is 10.6. The molecule has 78 valence electrons. The first-order valence-electron chi connectivity index (χ1n) is 4.85. The van der Waals surface area contributed by atoms with E-state index in [1.807, 2.05) is 32.0 Å². The Bertz CT molecular complexity index is 297. The smallest absolute Gasteiger partial charge is 0.0410 e. The molecule has 0 amide bonds. The zero-order valence-electron chi connectivity index (χ0n) is 8.68. The maximum atomic E-state index is 5.85. The summed E-state index contributed by atoms with van der Waals surface area (Å²) < 4.78 is 0. The van der Waals surface area contributed by atoms with Crippen molar-refractivity contribution in [3.63, 3.8) is 0 Å². The summed E-state index contributed by atoms with van der Waals surface area (Å²) in [5.74, 6) is 0. The van der Waals surface area contributed by atoms with Crippen LogP contribution in [0.5, 0.6) is 0 Å². The van der Waals surface area contributed by atoms with Crippen LogP contribution in [-0.2, 0) is 0 Å². The highest BCUT2D eigenvalue weighted by molar-refractivity contribution is 6.30. The number of rotatable bonds is 4. The molecule has 1 aromatic carbocycles. The Morgan fingerprint density at radius 3 is 2.79 bits per heavy atom. The molecule has 0 aliphatic heterocycles. The molecule has 0 fully saturated rings. The molecule has 0 aliphatic carbocycles. The second-order valence-corrected chi connectivity index (χ2v) is 4.09. The molecule has 1 atom stereocenters. The summed E-state index contributed by atoms with van der Waals surface area (Å²) in [6.07, 6.45) is 0.974. The maximum Gasteiger partial charge on any atom is 0.0410 e. The van der Waals surface area contributed by atoms with Crippen LogP contribution in [0.4, 0.5) is 5.69 Å². The lowest BCUT2D eigenvalue weighted by molar-refractivity contribution is 0.690. The Balaban J connectivity index is 2.51. The first-order valence-corrected chi connectivity index (χ1v) is 5.23. The van der Waals surface area contributed by atoms with Crippen molar-refractivity contribution >= 4 is 17.3 Å². The maximum absolute atomic E-state index is 5.85. The second kappa shape index (κ2) is 5.23. The highest BCUT2D eigenvalue weighted by atomic mass is 35.5. The number of nitrogens with two attached hydrogens (primary N) is 1. The molecule has 0 saturated heterocycles. The number of nitrogens with one attached hydrogen (secondary N) is 1. The van der Waals surface area contributed by atoms with Crippen LogP contribution in [0.3, 0.4) is 0 Å². The van der Waals surface area contributed by atoms with Crippen molar-refractivity contribution in [3.05, 3.63) is 28.8 Å². The Morgan fingerprint density at radius 2 is 2.21 bits per heavy atom. The van der Waals surface area contributed by atoms with E-state index in [9.17, 15) is 0 Å². The highest BCUT2D eigenvalue weighted by Gasteiger charge is 1.99. The molecule has 0 radical (unpaired) electrons. The van der Waals surface area contributed by atoms with Crippen molar-refractivity contribution in [2.75, 3.05) is 11.9 Å². The molecular weight excluding hydrogens is 196 g/mol. The van der Waals surface area contributed by atoms with Gasteiger partial charge in [-0.15, -0.1) is 0 Å². The average molecular weight is 213 g/mol. The summed E-state index contributed by atoms with van der Waals surface area (Å²) in [6, 6.07) is 6.09. The number of benzene rings is 1. The molecule has 0 aliphatic rings. The lowest BCUT2D eigenvalue weighted by atomic mass is 10.2. The summed E-state index contributed by atoms with van der Waals surface area (Å²) in [4.78, 5) is 0. The quantitative estimate of drug-likeness (QED) is 0.806. The fraction of sp³-hybridized carbons (Fsp3) is 0.455. The Kier molecular flexibility index (Phi) is 4.23. The van der Waals surface area contributed by atoms with E-state index in [2.05, 4.69) is 5.32 Å². The lowest BCUT2D eigenvalue weighted by Crippen LogP contribution is -2.19. The molecule has 3 heteroatoms. The predicted molar refractivity (Wildman–Crippen MR) is 62.9 cm³/mol. The minimum Gasteiger partial charge on any atom is -0.385 e. The van der Waals surface area contributed by atoms with Crippen molar-refractivity contribution < 1.29 is 0 Å². The molecule has 1 rings (SSSR count). The first-order chi connectivity index (χ1) is 6.59. The lowest BCUT2D eigenvalue weighted by Gasteiger charge is -2.10. The van der Waals surface area contributed by atoms with E-state index in [1.54, 1.807) is 0 Å². The van der Waals surface area contributed by atoms with Crippen molar-refractivity contribution in [2.45, 2.75) is 26.3 Å². The average Bonchev–Trinajstić information content (AvgIpc) is 2.08. The van der Waals surface area contributed by atoms with Gasteiger partial charge in [-0.25, -0.2) is 0 Å². The monoisotopic (exact) mass is 212 g/mol. The van der Waals surface area contributed by atoms with Crippen LogP contribution in [0.1, 0.15) is 18.9 Å². The summed E-state index contributed by atoms with van der Waals surface area (Å²) in [5, 5.41) is 4.11. The van der Waals surface area contributed by atoms with E-state index < -0.39 is 0 Å². The van der Waals surface area contributed by atoms with Crippen molar-refractivity contribution in [2.24, 2.45) is 5.73 Å². The van der Waals surface area contributed by atoms with Gasteiger partial charge in [-0.1, -0.05) is 11.6 Å². The third-order valence-corrected chi connectivity index (χ3v) is 2.34. The van der Waals surface area contributed by atoms with Crippen LogP contribution < -0.4 is 11.1 Å². The summed E-state index contributed by atoms with van der Waals surface area (Å²) in [6.45, 7) is 4.95. The standard InChI is InChI=1S/C11H17ClN2/c1-8-7-10(12)3-4-11(8)14-6-5-9(2)13/h3-4,7,9,14H,5-6,13H2,1-2H3. The van der Waals surface area contributed by atoms with E-state index >= 15 is 0 Å². The van der Waals surface area contributed by atoms with Crippen LogP contribution in [0, 0.1) is 6.92 Å². The van der Waals surface area contributed by atoms with E-state index in [-0.39, 0.29) is 6.04 Å². The molecule has 0 heterocycles. The van der Waals surface area contributed by atoms with Crippen LogP contribution in [0.2, 0.25) is 5.02 Å². The number of halogens is 1. The molecule has 1 unspecified atom stereocenters. The minimum absolute atomic E-state index is 0.245. The number of hydrogen-bond donors (Lipinski definition) is 2. The number of anilines is 1. The fourth-order valence-corrected chi connectivity index (χ4v) is 1.49. The van der Waals surface area contributed by atoms with Crippen LogP contribution in [0.15, 0.2) is 18.2 Å². The van der Waals surface area contributed by atoms with E-state index in [4.69, 9.17) is 17.3 Å². The normalized spacial score (nSPS) is 12.6. The molecule has 2 nitrogen and oxygen atoms in total. The topological polar surface area (TPSA) is 38.0 Å². The van der Waals surface area contributed by atoms with Gasteiger partial charge in [0.05, 0.1) is 0 Å². The van der Waals surface area contributed by atoms with Gasteiger partial charge in [-0.2, -0.15) is 0 Å². The molecule has 1 aromatic rings. The van der Waals surface area contributed by atoms with Gasteiger partial charge < -0.3 is 11.1 Å². The fourth-order valence-electron chi connectivity index (χ4n) is 1.26. The van der Waals surface area contributed by atoms with Gasteiger partial charge in [0.25, 0.3) is 0 Å². The zero-order valence-corrected chi connectivity index (χ0v) is 9.43. The van der Waals surface area contributed by atoms with Crippen molar-refractivity contribution in [1.82, 2.24) is 0 Å². The van der Waals surface area contributed by atoms with Crippen LogP contribution in [-0.4, -0.2) is 12.6 Å². The molecule has 3 N–H and O–H groups in total. The van der Waals surface area contributed by atoms with Gasteiger partial charge in [0.2, 0.25) is 0 Å². The largest absolute Gasteiger partial charge is 0.385 e. The van der Waals surface area contributed by atoms with Gasteiger partial charge >= 0.3 is 0 Å². The molecule has 0 spiro atoms. The molecule has 0 saturated carbocycles. The third-order valence-electron chi connectivity index (χ3n) is 2.10. The Labute approximate surface area is 90.4 Å². The van der Waals surface area contributed by atoms with E-state index in [0.717, 1.165) is 23.7 Å². The third kappa shape index (κ3) is 3.56. The first kappa shape index (κ1) is 11.3. The van der Waals surface area contributed by atoms with E-state index in [0.29, 0.717) is 0 Å². The van der Waals surface area contributed by atoms with Crippen LogP contribution >= 0.6 is 11.6 Å². The molecule has 0 bridgehead atoms. The van der Waals surface area contributed by atoms with Gasteiger partial charge in [-0.05, 0) is 44.0 Å². The van der Waals surface area contributed by atoms with Gasteiger partial charge in [0.15, 0.2) is 0 Å². The van der Waals surface area contributed by atoms with Gasteiger partial charge in [0.1, 0.15) is 0 Å². The molecular formula is C11H17ClN2. The minimum atomic E-state index is 0.245. The predicted octanol–water partition coefficient (Wildman–Crippen LogP) is 2.80. The molecule has 14 heavy (non-hydrogen) atoms. The summed E-state index contributed by atoms with van der Waals surface area (Å²) in [5.41, 5.74) is 7.96. The van der Waals surface area contributed by atoms with Crippen molar-refractivity contribution in [3.8, 4) is 0 Å². The SMILES string of the molecule is Cc1cc(Cl)ccc1NCCC(C)N. The van der Waals surface area contributed by atoms with Crippen molar-refractivity contribution in [1.29, 1.82) is 0 Å². The second-order valence-electron chi connectivity index (χ2n) is 3.65. The summed E-state index contributed by atoms with van der Waals surface area (Å²) in [7, 11) is 0. The van der Waals surface area contributed by atoms with E-state index in [1.165, 1.54) is 5.56 Å². The Morgan fingerprint density at radius 1 is 1.50 bits per heavy atom. The number of aryl methyl sites for hydroxylation is 1. The molecule has 0 aromatic heterocycles. The highest BCUT2D eigenvalue weighted by Crippen LogP contribution is 2.19. The summed E-state index contributed by atoms with van der Waals surface area (Å²) >= 11 is 5.85.